The molecule has 0 spiro atoms. The number of carbonyl (C=O) groups is 2. The maximum absolute atomic E-state index is 12.1. The van der Waals surface area contributed by atoms with Crippen LogP contribution in [0.1, 0.15) is 162 Å². The lowest BCUT2D eigenvalue weighted by Gasteiger charge is -2.15. The summed E-state index contributed by atoms with van der Waals surface area (Å²) in [5.41, 5.74) is 0. The number of hydrogen-bond acceptors (Lipinski definition) is 5. The maximum atomic E-state index is 12.1. The molecule has 55 heavy (non-hydrogen) atoms. The van der Waals surface area contributed by atoms with Gasteiger partial charge < -0.3 is 14.6 Å². The van der Waals surface area contributed by atoms with Gasteiger partial charge >= 0.3 is 11.9 Å². The van der Waals surface area contributed by atoms with Crippen molar-refractivity contribution in [3.05, 3.63) is 122 Å². The van der Waals surface area contributed by atoms with Crippen molar-refractivity contribution in [3.63, 3.8) is 0 Å². The monoisotopic (exact) mass is 759 g/mol. The molecule has 308 valence electrons. The summed E-state index contributed by atoms with van der Waals surface area (Å²) in [5, 5.41) is 9.52. The lowest BCUT2D eigenvalue weighted by Crippen LogP contribution is -2.28. The standard InChI is InChI=1S/C50H78O5/c1-3-5-7-9-11-13-14-15-16-17-18-19-20-21-22-23-24-25-26-27-28-29-30-31-32-33-34-35-36-37-39-41-43-45-50(53)55-48(46-51)47-54-49(52)44-42-40-38-12-10-8-6-4-2/h5,7,11,13,15-16,18-19,21-22,24-25,27-28,30-31,33-34,36-37,48,51H,3-4,6,8-10,12,14,17,20,23,26,29,32,35,38-47H2,1-2H3/b7-5-,13-11-,16-15-,19-18-,22-21-,25-24-,28-27-,31-30-,34-33-,37-36-. The van der Waals surface area contributed by atoms with Gasteiger partial charge in [0, 0.05) is 12.8 Å². The Kier molecular flexibility index (Phi) is 41.7. The van der Waals surface area contributed by atoms with Crippen molar-refractivity contribution in [3.8, 4) is 0 Å². The van der Waals surface area contributed by atoms with Crippen molar-refractivity contribution < 1.29 is 24.2 Å². The van der Waals surface area contributed by atoms with Crippen molar-refractivity contribution in [2.45, 2.75) is 168 Å². The lowest BCUT2D eigenvalue weighted by atomic mass is 10.1. The largest absolute Gasteiger partial charge is 0.462 e. The smallest absolute Gasteiger partial charge is 0.306 e. The highest BCUT2D eigenvalue weighted by Gasteiger charge is 2.16. The maximum Gasteiger partial charge on any atom is 0.306 e. The number of esters is 2. The molecule has 0 aromatic rings. The van der Waals surface area contributed by atoms with Gasteiger partial charge in [-0.05, 0) is 89.9 Å². The number of aliphatic hydroxyl groups is 1. The lowest BCUT2D eigenvalue weighted by molar-refractivity contribution is -0.161. The fourth-order valence-corrected chi connectivity index (χ4v) is 5.29. The normalized spacial score (nSPS) is 13.4. The van der Waals surface area contributed by atoms with Crippen LogP contribution >= 0.6 is 0 Å². The summed E-state index contributed by atoms with van der Waals surface area (Å²) in [7, 11) is 0. The molecule has 0 aromatic carbocycles. The number of unbranched alkanes of at least 4 members (excludes halogenated alkanes) is 9. The first-order chi connectivity index (χ1) is 27.1. The summed E-state index contributed by atoms with van der Waals surface area (Å²) in [6.07, 6.45) is 65.7. The van der Waals surface area contributed by atoms with Gasteiger partial charge in [0.15, 0.2) is 6.10 Å². The average Bonchev–Trinajstić information content (AvgIpc) is 3.19. The van der Waals surface area contributed by atoms with Crippen LogP contribution < -0.4 is 0 Å². The summed E-state index contributed by atoms with van der Waals surface area (Å²) >= 11 is 0. The molecule has 0 aromatic heterocycles. The van der Waals surface area contributed by atoms with Gasteiger partial charge in [-0.1, -0.05) is 180 Å². The van der Waals surface area contributed by atoms with Gasteiger partial charge in [-0.3, -0.25) is 9.59 Å². The predicted octanol–water partition coefficient (Wildman–Crippen LogP) is 14.0. The summed E-state index contributed by atoms with van der Waals surface area (Å²) in [6, 6.07) is 0. The summed E-state index contributed by atoms with van der Waals surface area (Å²) < 4.78 is 10.5. The van der Waals surface area contributed by atoms with Gasteiger partial charge in [0.05, 0.1) is 6.61 Å². The van der Waals surface area contributed by atoms with Crippen LogP contribution in [0.4, 0.5) is 0 Å². The van der Waals surface area contributed by atoms with Crippen molar-refractivity contribution >= 4 is 11.9 Å². The molecule has 0 aliphatic heterocycles. The second-order valence-electron chi connectivity index (χ2n) is 13.7. The first-order valence-corrected chi connectivity index (χ1v) is 21.6. The van der Waals surface area contributed by atoms with Crippen LogP contribution in [0.3, 0.4) is 0 Å². The Hall–Kier alpha value is -3.70. The quantitative estimate of drug-likeness (QED) is 0.0388. The van der Waals surface area contributed by atoms with Crippen molar-refractivity contribution in [1.29, 1.82) is 0 Å². The van der Waals surface area contributed by atoms with Crippen molar-refractivity contribution in [2.75, 3.05) is 13.2 Å². The molecule has 0 saturated carbocycles. The van der Waals surface area contributed by atoms with Crippen LogP contribution in [-0.4, -0.2) is 36.4 Å². The number of carbonyl (C=O) groups excluding carboxylic acids is 2. The summed E-state index contributed by atoms with van der Waals surface area (Å²) in [6.45, 7) is 3.93. The number of ether oxygens (including phenoxy) is 2. The number of hydrogen-bond donors (Lipinski definition) is 1. The average molecular weight is 759 g/mol. The Bertz CT molecular complexity index is 1180. The number of allylic oxidation sites excluding steroid dienone is 20. The van der Waals surface area contributed by atoms with Gasteiger partial charge in [-0.2, -0.15) is 0 Å². The van der Waals surface area contributed by atoms with E-state index in [9.17, 15) is 14.7 Å². The summed E-state index contributed by atoms with van der Waals surface area (Å²) in [4.78, 5) is 24.1. The molecule has 0 heterocycles. The van der Waals surface area contributed by atoms with Gasteiger partial charge in [0.2, 0.25) is 0 Å². The van der Waals surface area contributed by atoms with E-state index in [1.807, 2.05) is 0 Å². The molecule has 0 rings (SSSR count). The summed E-state index contributed by atoms with van der Waals surface area (Å²) in [5.74, 6) is -0.659. The van der Waals surface area contributed by atoms with E-state index in [-0.39, 0.29) is 25.2 Å². The van der Waals surface area contributed by atoms with E-state index in [0.29, 0.717) is 12.8 Å². The zero-order valence-electron chi connectivity index (χ0n) is 34.9. The Morgan fingerprint density at radius 1 is 0.436 bits per heavy atom. The predicted molar refractivity (Wildman–Crippen MR) is 237 cm³/mol. The van der Waals surface area contributed by atoms with Crippen LogP contribution in [0.2, 0.25) is 0 Å². The molecule has 5 heteroatoms. The second kappa shape index (κ2) is 44.7. The van der Waals surface area contributed by atoms with E-state index in [1.165, 1.54) is 32.1 Å². The van der Waals surface area contributed by atoms with E-state index in [2.05, 4.69) is 135 Å². The third kappa shape index (κ3) is 42.9. The molecule has 0 aliphatic carbocycles. The van der Waals surface area contributed by atoms with E-state index < -0.39 is 6.10 Å². The molecule has 0 fully saturated rings. The van der Waals surface area contributed by atoms with Gasteiger partial charge in [-0.25, -0.2) is 0 Å². The molecule has 0 amide bonds. The topological polar surface area (TPSA) is 72.8 Å². The molecule has 5 nitrogen and oxygen atoms in total. The van der Waals surface area contributed by atoms with Gasteiger partial charge in [-0.15, -0.1) is 0 Å². The minimum Gasteiger partial charge on any atom is -0.462 e. The molecule has 1 N–H and O–H groups in total. The molecular formula is C50H78O5. The third-order valence-corrected chi connectivity index (χ3v) is 8.52. The van der Waals surface area contributed by atoms with Crippen molar-refractivity contribution in [2.24, 2.45) is 0 Å². The minimum atomic E-state index is -0.799. The van der Waals surface area contributed by atoms with Crippen LogP contribution in [0.15, 0.2) is 122 Å². The first-order valence-electron chi connectivity index (χ1n) is 21.6. The molecule has 1 atom stereocenters. The van der Waals surface area contributed by atoms with Gasteiger partial charge in [0.25, 0.3) is 0 Å². The van der Waals surface area contributed by atoms with E-state index >= 15 is 0 Å². The fraction of sp³-hybridized carbons (Fsp3) is 0.560. The molecule has 1 unspecified atom stereocenters. The van der Waals surface area contributed by atoms with E-state index in [4.69, 9.17) is 9.47 Å². The number of rotatable bonds is 37. The highest BCUT2D eigenvalue weighted by molar-refractivity contribution is 5.70. The van der Waals surface area contributed by atoms with E-state index in [1.54, 1.807) is 0 Å². The zero-order chi connectivity index (χ0) is 40.0. The Balaban J connectivity index is 3.73. The zero-order valence-corrected chi connectivity index (χ0v) is 34.9. The highest BCUT2D eigenvalue weighted by Crippen LogP contribution is 2.11. The van der Waals surface area contributed by atoms with Gasteiger partial charge in [0.1, 0.15) is 6.61 Å². The molecular weight excluding hydrogens is 681 g/mol. The van der Waals surface area contributed by atoms with Crippen LogP contribution in [0, 0.1) is 0 Å². The SMILES string of the molecule is CC/C=C\C/C=C\C/C=C\C/C=C\C/C=C\C/C=C\C/C=C\C/C=C\C/C=C\C/C=C\CCCCC(=O)OC(CO)COC(=O)CCCCCCCCCC. The van der Waals surface area contributed by atoms with Crippen LogP contribution in [0.25, 0.3) is 0 Å². The number of aliphatic hydroxyl groups excluding tert-OH is 1. The minimum absolute atomic E-state index is 0.0904. The third-order valence-electron chi connectivity index (χ3n) is 8.52. The van der Waals surface area contributed by atoms with Crippen LogP contribution in [0.5, 0.6) is 0 Å². The molecule has 0 radical (unpaired) electrons. The van der Waals surface area contributed by atoms with E-state index in [0.717, 1.165) is 103 Å². The molecule has 0 bridgehead atoms. The fourth-order valence-electron chi connectivity index (χ4n) is 5.29. The van der Waals surface area contributed by atoms with Crippen LogP contribution in [-0.2, 0) is 19.1 Å². The first kappa shape index (κ1) is 51.3. The Morgan fingerprint density at radius 2 is 0.782 bits per heavy atom. The highest BCUT2D eigenvalue weighted by atomic mass is 16.6. The second-order valence-corrected chi connectivity index (χ2v) is 13.7. The Labute approximate surface area is 337 Å². The molecule has 0 aliphatic rings. The van der Waals surface area contributed by atoms with Crippen molar-refractivity contribution in [1.82, 2.24) is 0 Å². The molecule has 0 saturated heterocycles. The Morgan fingerprint density at radius 3 is 1.18 bits per heavy atom.